The highest BCUT2D eigenvalue weighted by Gasteiger charge is 2.15. The number of aliphatic carboxylic acids is 1. The van der Waals surface area contributed by atoms with Crippen molar-refractivity contribution in [1.29, 1.82) is 0 Å². The van der Waals surface area contributed by atoms with Crippen LogP contribution >= 0.6 is 0 Å². The van der Waals surface area contributed by atoms with Gasteiger partial charge >= 0.3 is 5.97 Å². The molecule has 0 fully saturated rings. The van der Waals surface area contributed by atoms with E-state index in [1.54, 1.807) is 13.8 Å². The van der Waals surface area contributed by atoms with Gasteiger partial charge in [-0.25, -0.2) is 4.98 Å². The van der Waals surface area contributed by atoms with Gasteiger partial charge in [0.05, 0.1) is 12.1 Å². The maximum Gasteiger partial charge on any atom is 0.303 e. The van der Waals surface area contributed by atoms with E-state index in [-0.39, 0.29) is 24.5 Å². The van der Waals surface area contributed by atoms with Gasteiger partial charge in [-0.15, -0.1) is 0 Å². The van der Waals surface area contributed by atoms with Gasteiger partial charge in [0.2, 0.25) is 5.78 Å². The Balaban J connectivity index is 2.65. The second kappa shape index (κ2) is 4.04. The summed E-state index contributed by atoms with van der Waals surface area (Å²) in [7, 11) is 0. The van der Waals surface area contributed by atoms with E-state index in [0.29, 0.717) is 11.5 Å². The second-order valence-electron chi connectivity index (χ2n) is 2.98. The summed E-state index contributed by atoms with van der Waals surface area (Å²) in [5.74, 6) is -0.785. The van der Waals surface area contributed by atoms with Crippen molar-refractivity contribution in [2.24, 2.45) is 0 Å². The monoisotopic (exact) mass is 197 g/mol. The Morgan fingerprint density at radius 1 is 1.36 bits per heavy atom. The minimum atomic E-state index is -1.00. The molecule has 0 saturated carbocycles. The molecule has 1 aromatic rings. The van der Waals surface area contributed by atoms with Gasteiger partial charge in [-0.1, -0.05) is 0 Å². The minimum absolute atomic E-state index is 0.00116. The first kappa shape index (κ1) is 10.4. The van der Waals surface area contributed by atoms with E-state index in [1.807, 2.05) is 0 Å². The van der Waals surface area contributed by atoms with Crippen LogP contribution in [0.25, 0.3) is 0 Å². The van der Waals surface area contributed by atoms with Crippen molar-refractivity contribution in [3.63, 3.8) is 0 Å². The fraction of sp³-hybridized carbons (Fsp3) is 0.444. The molecule has 5 heteroatoms. The molecule has 76 valence electrons. The number of rotatable bonds is 4. The first-order valence-electron chi connectivity index (χ1n) is 4.19. The predicted octanol–water partition coefficient (Wildman–Crippen LogP) is 1.34. The molecule has 0 atom stereocenters. The molecule has 5 nitrogen and oxygen atoms in total. The third-order valence-corrected chi connectivity index (χ3v) is 1.83. The third-order valence-electron chi connectivity index (χ3n) is 1.83. The largest absolute Gasteiger partial charge is 0.481 e. The standard InChI is InChI=1S/C9H11NO4/c1-5-6(2)14-9(10-5)7(11)3-4-8(12)13/h3-4H2,1-2H3,(H,12,13). The molecule has 0 radical (unpaired) electrons. The SMILES string of the molecule is Cc1nc(C(=O)CCC(=O)O)oc1C. The van der Waals surface area contributed by atoms with Crippen molar-refractivity contribution in [3.8, 4) is 0 Å². The highest BCUT2D eigenvalue weighted by atomic mass is 16.4. The summed E-state index contributed by atoms with van der Waals surface area (Å²) in [6.07, 6.45) is -0.270. The van der Waals surface area contributed by atoms with Crippen LogP contribution in [0.15, 0.2) is 4.42 Å². The molecule has 1 heterocycles. The smallest absolute Gasteiger partial charge is 0.303 e. The van der Waals surface area contributed by atoms with Crippen LogP contribution in [-0.2, 0) is 4.79 Å². The zero-order valence-electron chi connectivity index (χ0n) is 8.03. The molecule has 0 bridgehead atoms. The molecule has 0 saturated heterocycles. The number of ketones is 1. The zero-order valence-corrected chi connectivity index (χ0v) is 8.03. The Kier molecular flexibility index (Phi) is 3.01. The van der Waals surface area contributed by atoms with Gasteiger partial charge in [0.1, 0.15) is 5.76 Å². The highest BCUT2D eigenvalue weighted by Crippen LogP contribution is 2.10. The Morgan fingerprint density at radius 3 is 2.43 bits per heavy atom. The number of carboxylic acid groups (broad SMARTS) is 1. The Morgan fingerprint density at radius 2 is 2.00 bits per heavy atom. The van der Waals surface area contributed by atoms with Crippen molar-refractivity contribution < 1.29 is 19.1 Å². The average molecular weight is 197 g/mol. The predicted molar refractivity (Wildman–Crippen MR) is 47.2 cm³/mol. The average Bonchev–Trinajstić information content (AvgIpc) is 2.43. The first-order chi connectivity index (χ1) is 6.50. The minimum Gasteiger partial charge on any atom is -0.481 e. The molecule has 0 unspecified atom stereocenters. The van der Waals surface area contributed by atoms with Crippen molar-refractivity contribution in [2.45, 2.75) is 26.7 Å². The molecule has 1 N–H and O–H groups in total. The molecule has 0 aliphatic rings. The fourth-order valence-electron chi connectivity index (χ4n) is 0.919. The van der Waals surface area contributed by atoms with Crippen LogP contribution in [0.5, 0.6) is 0 Å². The molecule has 14 heavy (non-hydrogen) atoms. The molecule has 1 aromatic heterocycles. The highest BCUT2D eigenvalue weighted by molar-refractivity contribution is 5.93. The van der Waals surface area contributed by atoms with Crippen LogP contribution in [0.2, 0.25) is 0 Å². The van der Waals surface area contributed by atoms with Crippen LogP contribution < -0.4 is 0 Å². The van der Waals surface area contributed by atoms with Gasteiger partial charge in [0.25, 0.3) is 5.89 Å². The van der Waals surface area contributed by atoms with Crippen LogP contribution in [0.4, 0.5) is 0 Å². The summed E-state index contributed by atoms with van der Waals surface area (Å²) >= 11 is 0. The number of aryl methyl sites for hydroxylation is 2. The number of carbonyl (C=O) groups is 2. The number of hydrogen-bond donors (Lipinski definition) is 1. The molecule has 0 aliphatic heterocycles. The summed E-state index contributed by atoms with van der Waals surface area (Å²) in [6, 6.07) is 0. The lowest BCUT2D eigenvalue weighted by atomic mass is 10.2. The zero-order chi connectivity index (χ0) is 10.7. The van der Waals surface area contributed by atoms with E-state index in [2.05, 4.69) is 4.98 Å². The normalized spacial score (nSPS) is 10.1. The Labute approximate surface area is 80.8 Å². The van der Waals surface area contributed by atoms with Crippen LogP contribution in [-0.4, -0.2) is 21.8 Å². The van der Waals surface area contributed by atoms with Gasteiger partial charge < -0.3 is 9.52 Å². The third kappa shape index (κ3) is 2.42. The quantitative estimate of drug-likeness (QED) is 0.736. The van der Waals surface area contributed by atoms with Crippen molar-refractivity contribution in [1.82, 2.24) is 4.98 Å². The summed E-state index contributed by atoms with van der Waals surface area (Å²) < 4.78 is 5.05. The van der Waals surface area contributed by atoms with Gasteiger partial charge in [-0.05, 0) is 13.8 Å². The van der Waals surface area contributed by atoms with E-state index in [9.17, 15) is 9.59 Å². The number of Topliss-reactive ketones (excluding diaryl/α,β-unsaturated/α-hetero) is 1. The molecule has 0 aliphatic carbocycles. The summed E-state index contributed by atoms with van der Waals surface area (Å²) in [4.78, 5) is 25.4. The summed E-state index contributed by atoms with van der Waals surface area (Å²) in [6.45, 7) is 3.43. The molecule has 0 spiro atoms. The van der Waals surface area contributed by atoms with Crippen LogP contribution in [0, 0.1) is 13.8 Å². The van der Waals surface area contributed by atoms with E-state index in [0.717, 1.165) is 0 Å². The number of oxazole rings is 1. The summed E-state index contributed by atoms with van der Waals surface area (Å²) in [5, 5.41) is 8.37. The van der Waals surface area contributed by atoms with Gasteiger partial charge in [-0.3, -0.25) is 9.59 Å². The second-order valence-corrected chi connectivity index (χ2v) is 2.98. The topological polar surface area (TPSA) is 80.4 Å². The van der Waals surface area contributed by atoms with Gasteiger partial charge in [0.15, 0.2) is 0 Å². The Hall–Kier alpha value is -1.65. The summed E-state index contributed by atoms with van der Waals surface area (Å²) in [5.41, 5.74) is 0.656. The van der Waals surface area contributed by atoms with E-state index in [1.165, 1.54) is 0 Å². The van der Waals surface area contributed by atoms with E-state index >= 15 is 0 Å². The molecule has 1 rings (SSSR count). The molecular formula is C9H11NO4. The first-order valence-corrected chi connectivity index (χ1v) is 4.19. The van der Waals surface area contributed by atoms with Crippen molar-refractivity contribution in [3.05, 3.63) is 17.3 Å². The van der Waals surface area contributed by atoms with E-state index < -0.39 is 5.97 Å². The van der Waals surface area contributed by atoms with Gasteiger partial charge in [0, 0.05) is 6.42 Å². The van der Waals surface area contributed by atoms with Crippen molar-refractivity contribution >= 4 is 11.8 Å². The lowest BCUT2D eigenvalue weighted by molar-refractivity contribution is -0.136. The lowest BCUT2D eigenvalue weighted by Gasteiger charge is -1.91. The lowest BCUT2D eigenvalue weighted by Crippen LogP contribution is -2.04. The maximum atomic E-state index is 11.3. The molecule has 0 amide bonds. The number of nitrogens with zero attached hydrogens (tertiary/aromatic N) is 1. The number of carbonyl (C=O) groups excluding carboxylic acids is 1. The van der Waals surface area contributed by atoms with Crippen LogP contribution in [0.3, 0.4) is 0 Å². The molecular weight excluding hydrogens is 186 g/mol. The fourth-order valence-corrected chi connectivity index (χ4v) is 0.919. The number of aromatic nitrogens is 1. The van der Waals surface area contributed by atoms with Crippen LogP contribution in [0.1, 0.15) is 35.0 Å². The van der Waals surface area contributed by atoms with Gasteiger partial charge in [-0.2, -0.15) is 0 Å². The number of carboxylic acids is 1. The van der Waals surface area contributed by atoms with Crippen molar-refractivity contribution in [2.75, 3.05) is 0 Å². The maximum absolute atomic E-state index is 11.3. The number of hydrogen-bond acceptors (Lipinski definition) is 4. The Bertz CT molecular complexity index is 347. The van der Waals surface area contributed by atoms with E-state index in [4.69, 9.17) is 9.52 Å². The molecule has 0 aromatic carbocycles.